The number of rotatable bonds is 54. The normalized spacial score (nSPS) is 11.9. The molecule has 380 valence electrons. The molecule has 0 aromatic carbocycles. The van der Waals surface area contributed by atoms with Gasteiger partial charge in [-0.2, -0.15) is 0 Å². The summed E-state index contributed by atoms with van der Waals surface area (Å²) >= 11 is 0. The molecule has 0 aliphatic heterocycles. The molecule has 64 heavy (non-hydrogen) atoms. The Bertz CT molecular complexity index is 951. The van der Waals surface area contributed by atoms with Gasteiger partial charge in [0.05, 0.1) is 0 Å². The van der Waals surface area contributed by atoms with E-state index in [-0.39, 0.29) is 31.1 Å². The minimum Gasteiger partial charge on any atom is -0.462 e. The van der Waals surface area contributed by atoms with Crippen molar-refractivity contribution >= 4 is 17.9 Å². The van der Waals surface area contributed by atoms with E-state index in [9.17, 15) is 14.4 Å². The van der Waals surface area contributed by atoms with Crippen LogP contribution in [0.5, 0.6) is 0 Å². The summed E-state index contributed by atoms with van der Waals surface area (Å²) in [5.74, 6) is -0.852. The summed E-state index contributed by atoms with van der Waals surface area (Å²) in [6.07, 6.45) is 60.1. The van der Waals surface area contributed by atoms with Crippen molar-refractivity contribution in [1.29, 1.82) is 0 Å². The molecule has 0 spiro atoms. The van der Waals surface area contributed by atoms with Crippen LogP contribution in [0.4, 0.5) is 0 Å². The largest absolute Gasteiger partial charge is 0.462 e. The molecule has 6 nitrogen and oxygen atoms in total. The zero-order chi connectivity index (χ0) is 46.5. The number of carbonyl (C=O) groups excluding carboxylic acids is 3. The van der Waals surface area contributed by atoms with Crippen LogP contribution in [-0.2, 0) is 28.6 Å². The molecule has 0 saturated heterocycles. The summed E-state index contributed by atoms with van der Waals surface area (Å²) in [6.45, 7) is 6.62. The highest BCUT2D eigenvalue weighted by Crippen LogP contribution is 2.18. The number of carbonyl (C=O) groups is 3. The second kappa shape index (κ2) is 54.0. The molecule has 6 heteroatoms. The van der Waals surface area contributed by atoms with E-state index in [1.54, 1.807) is 0 Å². The van der Waals surface area contributed by atoms with Crippen LogP contribution in [-0.4, -0.2) is 37.2 Å². The molecule has 1 unspecified atom stereocenters. The van der Waals surface area contributed by atoms with Crippen LogP contribution in [0.15, 0.2) is 0 Å². The van der Waals surface area contributed by atoms with E-state index in [1.807, 2.05) is 0 Å². The van der Waals surface area contributed by atoms with Crippen molar-refractivity contribution in [2.75, 3.05) is 13.2 Å². The maximum Gasteiger partial charge on any atom is 0.306 e. The summed E-state index contributed by atoms with van der Waals surface area (Å²) < 4.78 is 16.7. The molecule has 0 aliphatic carbocycles. The highest BCUT2D eigenvalue weighted by molar-refractivity contribution is 5.71. The molecule has 0 bridgehead atoms. The minimum atomic E-state index is -0.759. The van der Waals surface area contributed by atoms with Crippen molar-refractivity contribution in [1.82, 2.24) is 0 Å². The molecule has 0 saturated carbocycles. The van der Waals surface area contributed by atoms with Crippen LogP contribution in [0.1, 0.15) is 335 Å². The van der Waals surface area contributed by atoms with E-state index < -0.39 is 6.10 Å². The Morgan fingerprint density at radius 2 is 0.422 bits per heavy atom. The van der Waals surface area contributed by atoms with Crippen molar-refractivity contribution in [3.63, 3.8) is 0 Å². The van der Waals surface area contributed by atoms with Crippen LogP contribution in [0, 0.1) is 0 Å². The Balaban J connectivity index is 3.99. The summed E-state index contributed by atoms with van der Waals surface area (Å²) in [7, 11) is 0. The van der Waals surface area contributed by atoms with Gasteiger partial charge in [0.25, 0.3) is 0 Å². The zero-order valence-electron chi connectivity index (χ0n) is 43.6. The van der Waals surface area contributed by atoms with Crippen molar-refractivity contribution < 1.29 is 28.6 Å². The second-order valence-corrected chi connectivity index (χ2v) is 19.9. The average molecular weight is 906 g/mol. The highest BCUT2D eigenvalue weighted by atomic mass is 16.6. The van der Waals surface area contributed by atoms with Crippen LogP contribution in [0.2, 0.25) is 0 Å². The predicted molar refractivity (Wildman–Crippen MR) is 275 cm³/mol. The minimum absolute atomic E-state index is 0.0627. The lowest BCUT2D eigenvalue weighted by atomic mass is 10.0. The number of esters is 3. The van der Waals surface area contributed by atoms with Crippen LogP contribution in [0.25, 0.3) is 0 Å². The van der Waals surface area contributed by atoms with Gasteiger partial charge < -0.3 is 14.2 Å². The fourth-order valence-electron chi connectivity index (χ4n) is 8.98. The molecule has 0 aliphatic rings. The molecule has 0 N–H and O–H groups in total. The molecule has 0 amide bonds. The Morgan fingerprint density at radius 1 is 0.250 bits per heavy atom. The second-order valence-electron chi connectivity index (χ2n) is 19.9. The molecule has 0 aromatic heterocycles. The third kappa shape index (κ3) is 51.4. The molecule has 1 atom stereocenters. The Labute approximate surface area is 399 Å². The Morgan fingerprint density at radius 3 is 0.625 bits per heavy atom. The van der Waals surface area contributed by atoms with Crippen LogP contribution < -0.4 is 0 Å². The predicted octanol–water partition coefficient (Wildman–Crippen LogP) is 19.2. The van der Waals surface area contributed by atoms with E-state index in [0.717, 1.165) is 64.2 Å². The third-order valence-electron chi connectivity index (χ3n) is 13.4. The number of ether oxygens (including phenoxy) is 3. The van der Waals surface area contributed by atoms with E-state index >= 15 is 0 Å². The Kier molecular flexibility index (Phi) is 52.7. The van der Waals surface area contributed by atoms with Crippen molar-refractivity contribution in [3.8, 4) is 0 Å². The summed E-state index contributed by atoms with van der Waals surface area (Å²) in [4.78, 5) is 37.8. The first-order chi connectivity index (χ1) is 31.5. The molecule has 0 radical (unpaired) electrons. The maximum atomic E-state index is 12.8. The van der Waals surface area contributed by atoms with Gasteiger partial charge in [0.15, 0.2) is 6.10 Å². The lowest BCUT2D eigenvalue weighted by Gasteiger charge is -2.18. The number of hydrogen-bond acceptors (Lipinski definition) is 6. The maximum absolute atomic E-state index is 12.8. The topological polar surface area (TPSA) is 78.9 Å². The quantitative estimate of drug-likeness (QED) is 0.0344. The standard InChI is InChI=1S/C58H112O6/c1-4-7-10-13-15-17-19-21-23-25-26-27-28-29-30-31-33-34-36-38-40-42-45-48-51-57(60)63-54-55(53-62-56(59)50-47-44-12-9-6-3)64-58(61)52-49-46-43-41-39-37-35-32-24-22-20-18-16-14-11-8-5-2/h55H,4-54H2,1-3H3. The van der Waals surface area contributed by atoms with Gasteiger partial charge in [-0.05, 0) is 19.3 Å². The first-order valence-corrected chi connectivity index (χ1v) is 29.0. The van der Waals surface area contributed by atoms with E-state index in [0.29, 0.717) is 19.3 Å². The van der Waals surface area contributed by atoms with Crippen molar-refractivity contribution in [2.24, 2.45) is 0 Å². The molecular weight excluding hydrogens is 793 g/mol. The monoisotopic (exact) mass is 905 g/mol. The number of hydrogen-bond donors (Lipinski definition) is 0. The molecular formula is C58H112O6. The van der Waals surface area contributed by atoms with Gasteiger partial charge in [0.1, 0.15) is 13.2 Å². The SMILES string of the molecule is CCCCCCCCCCCCCCCCCCCCCCCCCCC(=O)OCC(COC(=O)CCCCCCC)OC(=O)CCCCCCCCCCCCCCCCCCC. The van der Waals surface area contributed by atoms with Gasteiger partial charge in [-0.3, -0.25) is 14.4 Å². The van der Waals surface area contributed by atoms with Crippen molar-refractivity contribution in [2.45, 2.75) is 341 Å². The fraction of sp³-hybridized carbons (Fsp3) is 0.948. The van der Waals surface area contributed by atoms with E-state index in [1.165, 1.54) is 231 Å². The lowest BCUT2D eigenvalue weighted by molar-refractivity contribution is -0.167. The van der Waals surface area contributed by atoms with E-state index in [4.69, 9.17) is 14.2 Å². The molecule has 0 fully saturated rings. The van der Waals surface area contributed by atoms with Gasteiger partial charge in [-0.15, -0.1) is 0 Å². The summed E-state index contributed by atoms with van der Waals surface area (Å²) in [5, 5.41) is 0. The smallest absolute Gasteiger partial charge is 0.306 e. The molecule has 0 rings (SSSR count). The molecule has 0 heterocycles. The third-order valence-corrected chi connectivity index (χ3v) is 13.4. The van der Waals surface area contributed by atoms with Gasteiger partial charge in [-0.1, -0.05) is 297 Å². The average Bonchev–Trinajstić information content (AvgIpc) is 3.29. The summed E-state index contributed by atoms with van der Waals surface area (Å²) in [5.41, 5.74) is 0. The van der Waals surface area contributed by atoms with Gasteiger partial charge in [0.2, 0.25) is 0 Å². The highest BCUT2D eigenvalue weighted by Gasteiger charge is 2.19. The van der Waals surface area contributed by atoms with Crippen molar-refractivity contribution in [3.05, 3.63) is 0 Å². The van der Waals surface area contributed by atoms with Crippen LogP contribution >= 0.6 is 0 Å². The van der Waals surface area contributed by atoms with Gasteiger partial charge in [-0.25, -0.2) is 0 Å². The number of unbranched alkanes of at least 4 members (excludes halogenated alkanes) is 43. The van der Waals surface area contributed by atoms with E-state index in [2.05, 4.69) is 20.8 Å². The molecule has 0 aromatic rings. The summed E-state index contributed by atoms with van der Waals surface area (Å²) in [6, 6.07) is 0. The fourth-order valence-corrected chi connectivity index (χ4v) is 8.98. The van der Waals surface area contributed by atoms with Crippen LogP contribution in [0.3, 0.4) is 0 Å². The Hall–Kier alpha value is -1.59. The zero-order valence-corrected chi connectivity index (χ0v) is 43.6. The van der Waals surface area contributed by atoms with Gasteiger partial charge >= 0.3 is 17.9 Å². The lowest BCUT2D eigenvalue weighted by Crippen LogP contribution is -2.30. The van der Waals surface area contributed by atoms with Gasteiger partial charge in [0, 0.05) is 19.3 Å². The first kappa shape index (κ1) is 62.4. The first-order valence-electron chi connectivity index (χ1n) is 29.0.